The van der Waals surface area contributed by atoms with Crippen LogP contribution in [-0.2, 0) is 9.59 Å². The second-order valence-electron chi connectivity index (χ2n) is 5.12. The van der Waals surface area contributed by atoms with Crippen LogP contribution in [0.2, 0.25) is 0 Å². The smallest absolute Gasteiger partial charge is 0.323 e. The molecule has 6 nitrogen and oxygen atoms in total. The van der Waals surface area contributed by atoms with Gasteiger partial charge in [0.25, 0.3) is 0 Å². The fraction of sp³-hybridized carbons (Fsp3) is 0.833. The van der Waals surface area contributed by atoms with Crippen molar-refractivity contribution in [3.8, 4) is 0 Å². The molecular weight excluding hydrogens is 234 g/mol. The number of hydrogen-bond donors (Lipinski definition) is 2. The summed E-state index contributed by atoms with van der Waals surface area (Å²) in [5.74, 6) is -1.10. The van der Waals surface area contributed by atoms with E-state index in [-0.39, 0.29) is 31.1 Å². The van der Waals surface area contributed by atoms with Crippen molar-refractivity contribution in [1.29, 1.82) is 0 Å². The van der Waals surface area contributed by atoms with Gasteiger partial charge in [0.2, 0.25) is 5.91 Å². The predicted octanol–water partition coefficient (Wildman–Crippen LogP) is -0.269. The minimum Gasteiger partial charge on any atom is -0.480 e. The van der Waals surface area contributed by atoms with Gasteiger partial charge in [-0.2, -0.15) is 0 Å². The van der Waals surface area contributed by atoms with Crippen molar-refractivity contribution in [2.45, 2.75) is 38.8 Å². The molecule has 104 valence electrons. The number of likely N-dealkylation sites (tertiary alicyclic amines) is 1. The lowest BCUT2D eigenvalue weighted by atomic mass is 10.1. The van der Waals surface area contributed by atoms with E-state index in [4.69, 9.17) is 10.8 Å². The molecule has 1 amide bonds. The Labute approximate surface area is 108 Å². The van der Waals surface area contributed by atoms with Gasteiger partial charge in [0, 0.05) is 25.2 Å². The summed E-state index contributed by atoms with van der Waals surface area (Å²) < 4.78 is 0. The number of nitrogens with zero attached hydrogens (tertiary/aromatic N) is 2. The lowest BCUT2D eigenvalue weighted by Crippen LogP contribution is -2.48. The number of aliphatic carboxylic acids is 1. The van der Waals surface area contributed by atoms with Crippen LogP contribution in [0.25, 0.3) is 0 Å². The van der Waals surface area contributed by atoms with Gasteiger partial charge in [-0.05, 0) is 26.7 Å². The third-order valence-corrected chi connectivity index (χ3v) is 3.24. The molecule has 0 unspecified atom stereocenters. The number of carbonyl (C=O) groups is 2. The Balaban J connectivity index is 2.48. The number of carboxylic acids is 1. The van der Waals surface area contributed by atoms with E-state index >= 15 is 0 Å². The fourth-order valence-corrected chi connectivity index (χ4v) is 2.10. The third-order valence-electron chi connectivity index (χ3n) is 3.24. The van der Waals surface area contributed by atoms with Crippen molar-refractivity contribution in [1.82, 2.24) is 9.80 Å². The van der Waals surface area contributed by atoms with Crippen molar-refractivity contribution in [2.75, 3.05) is 26.2 Å². The van der Waals surface area contributed by atoms with Crippen LogP contribution in [0.1, 0.15) is 26.7 Å². The second-order valence-corrected chi connectivity index (χ2v) is 5.12. The highest BCUT2D eigenvalue weighted by atomic mass is 16.4. The molecule has 0 aromatic carbocycles. The molecule has 1 aliphatic rings. The average molecular weight is 257 g/mol. The SMILES string of the molecule is CC(C)N(CC(=O)O)C(=O)CN1CCC(N)CC1. The molecular formula is C12H23N3O3. The summed E-state index contributed by atoms with van der Waals surface area (Å²) >= 11 is 0. The van der Waals surface area contributed by atoms with E-state index < -0.39 is 5.97 Å². The Kier molecular flexibility index (Phi) is 5.55. The van der Waals surface area contributed by atoms with Crippen LogP contribution in [0.3, 0.4) is 0 Å². The van der Waals surface area contributed by atoms with Gasteiger partial charge in [-0.3, -0.25) is 14.5 Å². The lowest BCUT2D eigenvalue weighted by molar-refractivity contribution is -0.146. The molecule has 1 heterocycles. The van der Waals surface area contributed by atoms with E-state index in [1.54, 1.807) is 0 Å². The first-order valence-corrected chi connectivity index (χ1v) is 6.39. The molecule has 0 aromatic heterocycles. The van der Waals surface area contributed by atoms with Gasteiger partial charge in [-0.25, -0.2) is 0 Å². The predicted molar refractivity (Wildman–Crippen MR) is 68.1 cm³/mol. The number of nitrogens with two attached hydrogens (primary N) is 1. The Morgan fingerprint density at radius 1 is 1.39 bits per heavy atom. The van der Waals surface area contributed by atoms with Gasteiger partial charge in [0.15, 0.2) is 0 Å². The molecule has 1 saturated heterocycles. The van der Waals surface area contributed by atoms with Gasteiger partial charge in [-0.1, -0.05) is 0 Å². The zero-order chi connectivity index (χ0) is 13.7. The van der Waals surface area contributed by atoms with E-state index in [2.05, 4.69) is 0 Å². The van der Waals surface area contributed by atoms with Gasteiger partial charge in [0.1, 0.15) is 6.54 Å². The van der Waals surface area contributed by atoms with Crippen LogP contribution in [0, 0.1) is 0 Å². The molecule has 18 heavy (non-hydrogen) atoms. The first-order chi connectivity index (χ1) is 8.40. The van der Waals surface area contributed by atoms with Gasteiger partial charge in [0.05, 0.1) is 6.54 Å². The Bertz CT molecular complexity index is 299. The summed E-state index contributed by atoms with van der Waals surface area (Å²) in [6, 6.07) is 0.136. The Morgan fingerprint density at radius 2 is 1.94 bits per heavy atom. The van der Waals surface area contributed by atoms with E-state index in [0.29, 0.717) is 0 Å². The number of rotatable bonds is 5. The fourth-order valence-electron chi connectivity index (χ4n) is 2.10. The van der Waals surface area contributed by atoms with Crippen LogP contribution in [0.4, 0.5) is 0 Å². The topological polar surface area (TPSA) is 86.9 Å². The lowest BCUT2D eigenvalue weighted by Gasteiger charge is -2.32. The molecule has 0 radical (unpaired) electrons. The van der Waals surface area contributed by atoms with E-state index in [1.807, 2.05) is 18.7 Å². The summed E-state index contributed by atoms with van der Waals surface area (Å²) in [5.41, 5.74) is 5.80. The first-order valence-electron chi connectivity index (χ1n) is 6.39. The maximum Gasteiger partial charge on any atom is 0.323 e. The molecule has 0 spiro atoms. The molecule has 1 fully saturated rings. The van der Waals surface area contributed by atoms with Gasteiger partial charge >= 0.3 is 5.97 Å². The van der Waals surface area contributed by atoms with Crippen molar-refractivity contribution in [3.05, 3.63) is 0 Å². The third kappa shape index (κ3) is 4.62. The highest BCUT2D eigenvalue weighted by Gasteiger charge is 2.24. The largest absolute Gasteiger partial charge is 0.480 e. The first kappa shape index (κ1) is 14.9. The maximum atomic E-state index is 12.1. The molecule has 0 aromatic rings. The molecule has 0 saturated carbocycles. The van der Waals surface area contributed by atoms with Crippen molar-refractivity contribution >= 4 is 11.9 Å². The Hall–Kier alpha value is -1.14. The number of hydrogen-bond acceptors (Lipinski definition) is 4. The highest BCUT2D eigenvalue weighted by molar-refractivity contribution is 5.83. The summed E-state index contributed by atoms with van der Waals surface area (Å²) in [6.07, 6.45) is 1.79. The van der Waals surface area contributed by atoms with Crippen LogP contribution in [0.5, 0.6) is 0 Å². The van der Waals surface area contributed by atoms with E-state index in [9.17, 15) is 9.59 Å². The highest BCUT2D eigenvalue weighted by Crippen LogP contribution is 2.09. The molecule has 6 heteroatoms. The standard InChI is InChI=1S/C12H23N3O3/c1-9(2)15(8-12(17)18)11(16)7-14-5-3-10(13)4-6-14/h9-10H,3-8,13H2,1-2H3,(H,17,18). The second kappa shape index (κ2) is 6.70. The molecule has 0 atom stereocenters. The number of piperidine rings is 1. The summed E-state index contributed by atoms with van der Waals surface area (Å²) in [6.45, 7) is 5.33. The zero-order valence-electron chi connectivity index (χ0n) is 11.1. The zero-order valence-corrected chi connectivity index (χ0v) is 11.1. The number of amides is 1. The minimum absolute atomic E-state index is 0.0966. The summed E-state index contributed by atoms with van der Waals surface area (Å²) in [7, 11) is 0. The minimum atomic E-state index is -0.974. The van der Waals surface area contributed by atoms with Crippen LogP contribution >= 0.6 is 0 Å². The summed E-state index contributed by atoms with van der Waals surface area (Å²) in [4.78, 5) is 26.2. The molecule has 1 aliphatic heterocycles. The molecule has 0 aliphatic carbocycles. The monoisotopic (exact) mass is 257 g/mol. The molecule has 1 rings (SSSR count). The maximum absolute atomic E-state index is 12.1. The van der Waals surface area contributed by atoms with Crippen molar-refractivity contribution < 1.29 is 14.7 Å². The van der Waals surface area contributed by atoms with Crippen LogP contribution in [-0.4, -0.2) is 65.0 Å². The van der Waals surface area contributed by atoms with E-state index in [1.165, 1.54) is 4.90 Å². The average Bonchev–Trinajstić information content (AvgIpc) is 2.28. The van der Waals surface area contributed by atoms with Gasteiger partial charge in [-0.15, -0.1) is 0 Å². The van der Waals surface area contributed by atoms with Crippen molar-refractivity contribution in [3.63, 3.8) is 0 Å². The van der Waals surface area contributed by atoms with Crippen LogP contribution in [0.15, 0.2) is 0 Å². The number of carboxylic acid groups (broad SMARTS) is 1. The number of carbonyl (C=O) groups excluding carboxylic acids is 1. The molecule has 3 N–H and O–H groups in total. The van der Waals surface area contributed by atoms with Gasteiger partial charge < -0.3 is 15.7 Å². The molecule has 0 bridgehead atoms. The van der Waals surface area contributed by atoms with E-state index in [0.717, 1.165) is 25.9 Å². The van der Waals surface area contributed by atoms with Crippen LogP contribution < -0.4 is 5.73 Å². The normalized spacial score (nSPS) is 18.0. The quantitative estimate of drug-likeness (QED) is 0.708. The Morgan fingerprint density at radius 3 is 2.39 bits per heavy atom. The summed E-state index contributed by atoms with van der Waals surface area (Å²) in [5, 5.41) is 8.80. The van der Waals surface area contributed by atoms with Crippen molar-refractivity contribution in [2.24, 2.45) is 5.73 Å².